The molecule has 1 rings (SSSR count). The van der Waals surface area contributed by atoms with Crippen LogP contribution in [0.2, 0.25) is 0 Å². The van der Waals surface area contributed by atoms with Crippen LogP contribution in [-0.4, -0.2) is 17.2 Å². The molecule has 0 aromatic carbocycles. The maximum absolute atomic E-state index is 12.5. The van der Waals surface area contributed by atoms with Crippen LogP contribution in [0.15, 0.2) is 18.3 Å². The lowest BCUT2D eigenvalue weighted by atomic mass is 10.3. The lowest BCUT2D eigenvalue weighted by Crippen LogP contribution is -2.33. The lowest BCUT2D eigenvalue weighted by molar-refractivity contribution is -0.138. The Kier molecular flexibility index (Phi) is 2.93. The third kappa shape index (κ3) is 2.86. The van der Waals surface area contributed by atoms with Crippen LogP contribution in [0, 0.1) is 5.95 Å². The van der Waals surface area contributed by atoms with Gasteiger partial charge in [0.25, 0.3) is 0 Å². The van der Waals surface area contributed by atoms with Crippen molar-refractivity contribution in [1.82, 2.24) is 4.98 Å². The van der Waals surface area contributed by atoms with E-state index in [2.05, 4.69) is 10.3 Å². The number of aromatic nitrogens is 1. The van der Waals surface area contributed by atoms with Gasteiger partial charge in [0.2, 0.25) is 5.95 Å². The van der Waals surface area contributed by atoms with Gasteiger partial charge >= 0.3 is 6.18 Å². The van der Waals surface area contributed by atoms with Gasteiger partial charge in [-0.15, -0.1) is 0 Å². The summed E-state index contributed by atoms with van der Waals surface area (Å²) < 4.78 is 48.7. The fraction of sp³-hybridized carbons (Fsp3) is 0.375. The zero-order valence-electron chi connectivity index (χ0n) is 7.27. The molecule has 0 aliphatic carbocycles. The van der Waals surface area contributed by atoms with E-state index in [9.17, 15) is 17.6 Å². The van der Waals surface area contributed by atoms with Gasteiger partial charge in [-0.05, 0) is 13.0 Å². The first-order valence-electron chi connectivity index (χ1n) is 3.84. The molecule has 0 saturated carbocycles. The molecule has 1 N–H and O–H groups in total. The van der Waals surface area contributed by atoms with Gasteiger partial charge < -0.3 is 5.32 Å². The number of halogens is 4. The van der Waals surface area contributed by atoms with E-state index in [0.29, 0.717) is 0 Å². The first-order chi connectivity index (χ1) is 6.39. The van der Waals surface area contributed by atoms with Gasteiger partial charge in [-0.25, -0.2) is 4.98 Å². The molecule has 0 fully saturated rings. The molecule has 1 aromatic rings. The molecule has 0 aliphatic rings. The van der Waals surface area contributed by atoms with E-state index < -0.39 is 18.2 Å². The summed E-state index contributed by atoms with van der Waals surface area (Å²) >= 11 is 0. The Morgan fingerprint density at radius 2 is 2.07 bits per heavy atom. The van der Waals surface area contributed by atoms with E-state index in [-0.39, 0.29) is 5.69 Å². The Balaban J connectivity index is 2.70. The van der Waals surface area contributed by atoms with Gasteiger partial charge in [0.05, 0.1) is 0 Å². The number of nitrogens with one attached hydrogen (secondary N) is 1. The molecular weight excluding hydrogens is 200 g/mol. The Morgan fingerprint density at radius 1 is 1.43 bits per heavy atom. The fourth-order valence-electron chi connectivity index (χ4n) is 0.824. The monoisotopic (exact) mass is 208 g/mol. The van der Waals surface area contributed by atoms with Crippen molar-refractivity contribution in [3.63, 3.8) is 0 Å². The predicted molar refractivity (Wildman–Crippen MR) is 43.3 cm³/mol. The summed E-state index contributed by atoms with van der Waals surface area (Å²) in [5.74, 6) is -0.815. The number of rotatable bonds is 2. The third-order valence-electron chi connectivity index (χ3n) is 1.60. The molecule has 14 heavy (non-hydrogen) atoms. The molecule has 1 heterocycles. The summed E-state index contributed by atoms with van der Waals surface area (Å²) in [6.45, 7) is 0.957. The fourth-order valence-corrected chi connectivity index (χ4v) is 0.824. The van der Waals surface area contributed by atoms with Crippen molar-refractivity contribution in [2.75, 3.05) is 5.32 Å². The summed E-state index contributed by atoms with van der Waals surface area (Å²) in [6.07, 6.45) is -3.25. The summed E-state index contributed by atoms with van der Waals surface area (Å²) in [6, 6.07) is 0.456. The molecule has 78 valence electrons. The van der Waals surface area contributed by atoms with Crippen LogP contribution in [-0.2, 0) is 0 Å². The van der Waals surface area contributed by atoms with E-state index in [0.717, 1.165) is 19.2 Å². The molecule has 1 unspecified atom stereocenters. The maximum atomic E-state index is 12.5. The second-order valence-corrected chi connectivity index (χ2v) is 2.77. The largest absolute Gasteiger partial charge is 0.408 e. The second-order valence-electron chi connectivity index (χ2n) is 2.77. The van der Waals surface area contributed by atoms with Gasteiger partial charge in [-0.1, -0.05) is 0 Å². The van der Waals surface area contributed by atoms with E-state index in [1.807, 2.05) is 0 Å². The average molecular weight is 208 g/mol. The molecule has 0 saturated heterocycles. The van der Waals surface area contributed by atoms with Crippen LogP contribution in [0.25, 0.3) is 0 Å². The quantitative estimate of drug-likeness (QED) is 0.596. The zero-order valence-corrected chi connectivity index (χ0v) is 7.27. The second kappa shape index (κ2) is 3.81. The van der Waals surface area contributed by atoms with E-state index in [1.165, 1.54) is 6.07 Å². The minimum Gasteiger partial charge on any atom is -0.374 e. The SMILES string of the molecule is CC(Nc1ccnc(F)c1)C(F)(F)F. The Morgan fingerprint density at radius 3 is 2.57 bits per heavy atom. The predicted octanol–water partition coefficient (Wildman–Crippen LogP) is 2.58. The molecule has 1 atom stereocenters. The van der Waals surface area contributed by atoms with E-state index in [4.69, 9.17) is 0 Å². The van der Waals surface area contributed by atoms with Gasteiger partial charge in [0.1, 0.15) is 6.04 Å². The van der Waals surface area contributed by atoms with Crippen LogP contribution in [0.1, 0.15) is 6.92 Å². The van der Waals surface area contributed by atoms with E-state index >= 15 is 0 Å². The number of alkyl halides is 3. The summed E-state index contributed by atoms with van der Waals surface area (Å²) in [7, 11) is 0. The maximum Gasteiger partial charge on any atom is 0.408 e. The van der Waals surface area contributed by atoms with Crippen molar-refractivity contribution in [2.45, 2.75) is 19.1 Å². The average Bonchev–Trinajstić information content (AvgIpc) is 2.02. The molecule has 0 bridgehead atoms. The van der Waals surface area contributed by atoms with Crippen LogP contribution < -0.4 is 5.32 Å². The number of hydrogen-bond acceptors (Lipinski definition) is 2. The highest BCUT2D eigenvalue weighted by molar-refractivity contribution is 5.42. The van der Waals surface area contributed by atoms with E-state index in [1.54, 1.807) is 0 Å². The van der Waals surface area contributed by atoms with Gasteiger partial charge in [-0.2, -0.15) is 17.6 Å². The Labute approximate surface area is 78.0 Å². The highest BCUT2D eigenvalue weighted by Gasteiger charge is 2.35. The van der Waals surface area contributed by atoms with Crippen molar-refractivity contribution in [3.05, 3.63) is 24.3 Å². The van der Waals surface area contributed by atoms with Crippen LogP contribution in [0.3, 0.4) is 0 Å². The normalized spacial score (nSPS) is 13.8. The standard InChI is InChI=1S/C8H8F4N2/c1-5(8(10,11)12)14-6-2-3-13-7(9)4-6/h2-5H,1H3,(H,13,14). The molecule has 2 nitrogen and oxygen atoms in total. The lowest BCUT2D eigenvalue weighted by Gasteiger charge is -2.17. The molecule has 1 aromatic heterocycles. The highest BCUT2D eigenvalue weighted by Crippen LogP contribution is 2.23. The number of pyridine rings is 1. The van der Waals surface area contributed by atoms with Crippen molar-refractivity contribution in [2.24, 2.45) is 0 Å². The van der Waals surface area contributed by atoms with Gasteiger partial charge in [-0.3, -0.25) is 0 Å². The summed E-state index contributed by atoms with van der Waals surface area (Å²) in [4.78, 5) is 3.22. The smallest absolute Gasteiger partial charge is 0.374 e. The first kappa shape index (κ1) is 10.7. The zero-order chi connectivity index (χ0) is 10.8. The highest BCUT2D eigenvalue weighted by atomic mass is 19.4. The molecular formula is C8H8F4N2. The minimum absolute atomic E-state index is 0.0577. The minimum atomic E-state index is -4.35. The van der Waals surface area contributed by atoms with Crippen LogP contribution in [0.5, 0.6) is 0 Å². The number of anilines is 1. The van der Waals surface area contributed by atoms with Crippen LogP contribution >= 0.6 is 0 Å². The molecule has 0 amide bonds. The van der Waals surface area contributed by atoms with Gasteiger partial charge in [0.15, 0.2) is 0 Å². The van der Waals surface area contributed by atoms with Crippen molar-refractivity contribution < 1.29 is 17.6 Å². The first-order valence-corrected chi connectivity index (χ1v) is 3.84. The van der Waals surface area contributed by atoms with Crippen molar-refractivity contribution >= 4 is 5.69 Å². The Hall–Kier alpha value is -1.33. The third-order valence-corrected chi connectivity index (χ3v) is 1.60. The molecule has 0 aliphatic heterocycles. The van der Waals surface area contributed by atoms with Crippen molar-refractivity contribution in [1.29, 1.82) is 0 Å². The van der Waals surface area contributed by atoms with Crippen LogP contribution in [0.4, 0.5) is 23.2 Å². The molecule has 6 heteroatoms. The molecule has 0 radical (unpaired) electrons. The topological polar surface area (TPSA) is 24.9 Å². The van der Waals surface area contributed by atoms with Crippen molar-refractivity contribution in [3.8, 4) is 0 Å². The Bertz CT molecular complexity index is 310. The molecule has 0 spiro atoms. The number of nitrogens with zero attached hydrogens (tertiary/aromatic N) is 1. The van der Waals surface area contributed by atoms with Gasteiger partial charge in [0, 0.05) is 18.0 Å². The summed E-state index contributed by atoms with van der Waals surface area (Å²) in [5.41, 5.74) is 0.0577. The number of hydrogen-bond donors (Lipinski definition) is 1. The summed E-state index contributed by atoms with van der Waals surface area (Å²) in [5, 5.41) is 2.12.